The van der Waals surface area contributed by atoms with Crippen LogP contribution >= 0.6 is 0 Å². The first-order valence-corrected chi connectivity index (χ1v) is 6.14. The van der Waals surface area contributed by atoms with Gasteiger partial charge in [-0.15, -0.1) is 0 Å². The number of urea groups is 1. The van der Waals surface area contributed by atoms with Gasteiger partial charge in [0.15, 0.2) is 0 Å². The van der Waals surface area contributed by atoms with Gasteiger partial charge >= 0.3 is 12.0 Å². The van der Waals surface area contributed by atoms with E-state index in [1.54, 1.807) is 9.80 Å². The molecule has 18 heavy (non-hydrogen) atoms. The SMILES string of the molecule is O=C(O)[C@H]1C[C@H]1C(=O)N1CCN2C(=O)NCC2C1. The van der Waals surface area contributed by atoms with Crippen molar-refractivity contribution in [1.29, 1.82) is 0 Å². The summed E-state index contributed by atoms with van der Waals surface area (Å²) in [6, 6.07) is -0.0286. The highest BCUT2D eigenvalue weighted by Crippen LogP contribution is 2.40. The lowest BCUT2D eigenvalue weighted by molar-refractivity contribution is -0.142. The number of amides is 3. The molecule has 3 amide bonds. The maximum absolute atomic E-state index is 12.1. The van der Waals surface area contributed by atoms with Gasteiger partial charge in [-0.3, -0.25) is 9.59 Å². The van der Waals surface area contributed by atoms with Crippen LogP contribution in [0.25, 0.3) is 0 Å². The smallest absolute Gasteiger partial charge is 0.317 e. The van der Waals surface area contributed by atoms with Crippen LogP contribution in [0.2, 0.25) is 0 Å². The number of hydrogen-bond acceptors (Lipinski definition) is 3. The summed E-state index contributed by atoms with van der Waals surface area (Å²) in [4.78, 5) is 37.7. The Morgan fingerprint density at radius 1 is 1.28 bits per heavy atom. The highest BCUT2D eigenvalue weighted by Gasteiger charge is 2.51. The number of carboxylic acid groups (broad SMARTS) is 1. The Morgan fingerprint density at radius 2 is 2.06 bits per heavy atom. The summed E-state index contributed by atoms with van der Waals surface area (Å²) in [7, 11) is 0. The third-order valence-corrected chi connectivity index (χ3v) is 3.97. The zero-order valence-electron chi connectivity index (χ0n) is 9.83. The Hall–Kier alpha value is -1.79. The molecule has 0 radical (unpaired) electrons. The summed E-state index contributed by atoms with van der Waals surface area (Å²) in [5.41, 5.74) is 0. The van der Waals surface area contributed by atoms with Gasteiger partial charge in [0.25, 0.3) is 0 Å². The molecule has 1 unspecified atom stereocenters. The van der Waals surface area contributed by atoms with Crippen molar-refractivity contribution in [3.8, 4) is 0 Å². The molecule has 7 heteroatoms. The summed E-state index contributed by atoms with van der Waals surface area (Å²) in [6.45, 7) is 2.12. The van der Waals surface area contributed by atoms with E-state index in [4.69, 9.17) is 5.11 Å². The van der Waals surface area contributed by atoms with Crippen molar-refractivity contribution in [3.05, 3.63) is 0 Å². The largest absolute Gasteiger partial charge is 0.481 e. The lowest BCUT2D eigenvalue weighted by Crippen LogP contribution is -2.54. The summed E-state index contributed by atoms with van der Waals surface area (Å²) in [5, 5.41) is 11.6. The standard InChI is InChI=1S/C11H15N3O4/c15-9(7-3-8(7)10(16)17)13-1-2-14-6(5-13)4-12-11(14)18/h6-8H,1-5H2,(H,12,18)(H,16,17)/t6?,7-,8+/m1/s1. The van der Waals surface area contributed by atoms with Crippen molar-refractivity contribution in [3.63, 3.8) is 0 Å². The van der Waals surface area contributed by atoms with Gasteiger partial charge in [-0.25, -0.2) is 4.79 Å². The maximum Gasteiger partial charge on any atom is 0.317 e. The number of rotatable bonds is 2. The molecule has 98 valence electrons. The first-order valence-electron chi connectivity index (χ1n) is 6.14. The molecule has 2 aliphatic heterocycles. The summed E-state index contributed by atoms with van der Waals surface area (Å²) >= 11 is 0. The van der Waals surface area contributed by atoms with Crippen molar-refractivity contribution in [2.75, 3.05) is 26.2 Å². The highest BCUT2D eigenvalue weighted by molar-refractivity contribution is 5.89. The lowest BCUT2D eigenvalue weighted by atomic mass is 10.1. The van der Waals surface area contributed by atoms with Gasteiger partial charge in [0.05, 0.1) is 17.9 Å². The van der Waals surface area contributed by atoms with E-state index >= 15 is 0 Å². The number of hydrogen-bond donors (Lipinski definition) is 2. The van der Waals surface area contributed by atoms with Crippen molar-refractivity contribution in [1.82, 2.24) is 15.1 Å². The molecule has 3 fully saturated rings. The minimum absolute atomic E-state index is 0.0391. The van der Waals surface area contributed by atoms with Crippen LogP contribution in [-0.2, 0) is 9.59 Å². The molecule has 3 rings (SSSR count). The molecule has 0 aromatic heterocycles. The first kappa shape index (κ1) is 11.3. The van der Waals surface area contributed by atoms with Crippen LogP contribution in [0.1, 0.15) is 6.42 Å². The molecular weight excluding hydrogens is 238 g/mol. The second kappa shape index (κ2) is 3.86. The maximum atomic E-state index is 12.1. The molecule has 2 heterocycles. The fraction of sp³-hybridized carbons (Fsp3) is 0.727. The van der Waals surface area contributed by atoms with Crippen LogP contribution in [0.4, 0.5) is 4.79 Å². The van der Waals surface area contributed by atoms with Crippen molar-refractivity contribution in [2.24, 2.45) is 11.8 Å². The Morgan fingerprint density at radius 3 is 2.72 bits per heavy atom. The quantitative estimate of drug-likeness (QED) is 0.656. The van der Waals surface area contributed by atoms with Gasteiger partial charge in [-0.2, -0.15) is 0 Å². The monoisotopic (exact) mass is 253 g/mol. The summed E-state index contributed by atoms with van der Waals surface area (Å²) < 4.78 is 0. The minimum atomic E-state index is -0.885. The number of piperazine rings is 1. The van der Waals surface area contributed by atoms with Crippen LogP contribution < -0.4 is 5.32 Å². The zero-order valence-corrected chi connectivity index (χ0v) is 9.83. The molecule has 0 spiro atoms. The lowest BCUT2D eigenvalue weighted by Gasteiger charge is -2.36. The second-order valence-electron chi connectivity index (χ2n) is 5.10. The molecule has 0 bridgehead atoms. The van der Waals surface area contributed by atoms with Gasteiger partial charge in [-0.05, 0) is 6.42 Å². The van der Waals surface area contributed by atoms with E-state index in [0.717, 1.165) is 0 Å². The average molecular weight is 253 g/mol. The predicted molar refractivity (Wildman–Crippen MR) is 59.7 cm³/mol. The summed E-state index contributed by atoms with van der Waals surface area (Å²) in [5.74, 6) is -1.80. The molecule has 0 aromatic carbocycles. The van der Waals surface area contributed by atoms with Crippen LogP contribution in [0.15, 0.2) is 0 Å². The Labute approximate surface area is 104 Å². The zero-order chi connectivity index (χ0) is 12.9. The number of carbonyl (C=O) groups excluding carboxylic acids is 2. The summed E-state index contributed by atoms with van der Waals surface area (Å²) in [6.07, 6.45) is 0.455. The number of carbonyl (C=O) groups is 3. The molecule has 2 N–H and O–H groups in total. The number of nitrogens with zero attached hydrogens (tertiary/aromatic N) is 2. The molecule has 1 saturated carbocycles. The minimum Gasteiger partial charge on any atom is -0.481 e. The molecule has 3 aliphatic rings. The van der Waals surface area contributed by atoms with E-state index in [-0.39, 0.29) is 23.9 Å². The van der Waals surface area contributed by atoms with Gasteiger partial charge in [0.2, 0.25) is 5.91 Å². The fourth-order valence-corrected chi connectivity index (χ4v) is 2.78. The number of nitrogens with one attached hydrogen (secondary N) is 1. The first-order chi connectivity index (χ1) is 8.58. The second-order valence-corrected chi connectivity index (χ2v) is 5.10. The number of aliphatic carboxylic acids is 1. The van der Waals surface area contributed by atoms with E-state index in [1.165, 1.54) is 0 Å². The number of fused-ring (bicyclic) bond motifs is 1. The van der Waals surface area contributed by atoms with Crippen LogP contribution in [0.5, 0.6) is 0 Å². The molecule has 1 aliphatic carbocycles. The fourth-order valence-electron chi connectivity index (χ4n) is 2.78. The van der Waals surface area contributed by atoms with Gasteiger partial charge in [0.1, 0.15) is 0 Å². The highest BCUT2D eigenvalue weighted by atomic mass is 16.4. The van der Waals surface area contributed by atoms with Crippen molar-refractivity contribution in [2.45, 2.75) is 12.5 Å². The Kier molecular flexibility index (Phi) is 2.42. The van der Waals surface area contributed by atoms with Crippen molar-refractivity contribution >= 4 is 17.9 Å². The Balaban J connectivity index is 1.60. The van der Waals surface area contributed by atoms with E-state index in [1.807, 2.05) is 0 Å². The van der Waals surface area contributed by atoms with E-state index in [0.29, 0.717) is 32.6 Å². The van der Waals surface area contributed by atoms with Gasteiger partial charge in [0, 0.05) is 26.2 Å². The molecule has 0 aromatic rings. The third-order valence-electron chi connectivity index (χ3n) is 3.97. The van der Waals surface area contributed by atoms with Crippen LogP contribution in [-0.4, -0.2) is 65.0 Å². The molecule has 2 saturated heterocycles. The molecular formula is C11H15N3O4. The van der Waals surface area contributed by atoms with Crippen LogP contribution in [0, 0.1) is 11.8 Å². The van der Waals surface area contributed by atoms with E-state index < -0.39 is 11.9 Å². The normalized spacial score (nSPS) is 34.0. The number of carboxylic acids is 1. The topological polar surface area (TPSA) is 90.0 Å². The molecule has 7 nitrogen and oxygen atoms in total. The molecule has 3 atom stereocenters. The van der Waals surface area contributed by atoms with E-state index in [2.05, 4.69) is 5.32 Å². The van der Waals surface area contributed by atoms with Gasteiger partial charge < -0.3 is 20.2 Å². The van der Waals surface area contributed by atoms with Crippen molar-refractivity contribution < 1.29 is 19.5 Å². The van der Waals surface area contributed by atoms with E-state index in [9.17, 15) is 14.4 Å². The van der Waals surface area contributed by atoms with Crippen LogP contribution in [0.3, 0.4) is 0 Å². The average Bonchev–Trinajstić information content (AvgIpc) is 3.08. The predicted octanol–water partition coefficient (Wildman–Crippen LogP) is -1.06. The Bertz CT molecular complexity index is 425. The third kappa shape index (κ3) is 1.70. The van der Waals surface area contributed by atoms with Gasteiger partial charge in [-0.1, -0.05) is 0 Å².